The van der Waals surface area contributed by atoms with Gasteiger partial charge in [0.05, 0.1) is 11.5 Å². The normalized spacial score (nSPS) is 11.1. The van der Waals surface area contributed by atoms with Gasteiger partial charge in [0, 0.05) is 11.9 Å². The van der Waals surface area contributed by atoms with Crippen LogP contribution in [0.15, 0.2) is 29.2 Å². The highest BCUT2D eigenvalue weighted by molar-refractivity contribution is 7.90. The van der Waals surface area contributed by atoms with Crippen LogP contribution in [0.4, 0.5) is 5.69 Å². The molecule has 0 amide bonds. The van der Waals surface area contributed by atoms with Gasteiger partial charge in [-0.3, -0.25) is 4.79 Å². The Bertz CT molecular complexity index is 508. The van der Waals surface area contributed by atoms with Gasteiger partial charge in [-0.25, -0.2) is 8.42 Å². The van der Waals surface area contributed by atoms with Gasteiger partial charge in [0.2, 0.25) is 0 Å². The number of unbranched alkanes of at least 4 members (excludes halogenated alkanes) is 1. The van der Waals surface area contributed by atoms with Crippen molar-refractivity contribution >= 4 is 21.5 Å². The van der Waals surface area contributed by atoms with Crippen LogP contribution in [0.1, 0.15) is 19.8 Å². The molecule has 19 heavy (non-hydrogen) atoms. The number of sulfone groups is 1. The highest BCUT2D eigenvalue weighted by atomic mass is 32.2. The molecule has 0 fully saturated rings. The number of ether oxygens (including phenoxy) is 1. The third-order valence-corrected chi connectivity index (χ3v) is 3.61. The number of carbonyl (C=O) groups is 1. The molecule has 0 spiro atoms. The van der Waals surface area contributed by atoms with Gasteiger partial charge in [0.1, 0.15) is 6.54 Å². The Balaban J connectivity index is 2.44. The first kappa shape index (κ1) is 15.5. The predicted molar refractivity (Wildman–Crippen MR) is 73.9 cm³/mol. The van der Waals surface area contributed by atoms with Crippen molar-refractivity contribution in [2.45, 2.75) is 24.7 Å². The molecule has 1 aromatic rings. The van der Waals surface area contributed by atoms with Crippen LogP contribution in [-0.4, -0.2) is 33.8 Å². The first-order valence-corrected chi connectivity index (χ1v) is 8.02. The van der Waals surface area contributed by atoms with E-state index in [1.807, 2.05) is 6.92 Å². The summed E-state index contributed by atoms with van der Waals surface area (Å²) in [5.74, 6) is -0.319. The molecule has 0 saturated carbocycles. The Labute approximate surface area is 113 Å². The van der Waals surface area contributed by atoms with Crippen molar-refractivity contribution in [2.24, 2.45) is 0 Å². The smallest absolute Gasteiger partial charge is 0.325 e. The number of benzene rings is 1. The molecule has 0 unspecified atom stereocenters. The summed E-state index contributed by atoms with van der Waals surface area (Å²) >= 11 is 0. The molecule has 0 radical (unpaired) electrons. The number of carbonyl (C=O) groups excluding carboxylic acids is 1. The van der Waals surface area contributed by atoms with Gasteiger partial charge >= 0.3 is 5.97 Å². The molecular weight excluding hydrogens is 266 g/mol. The van der Waals surface area contributed by atoms with E-state index >= 15 is 0 Å². The molecule has 0 heterocycles. The van der Waals surface area contributed by atoms with Crippen molar-refractivity contribution in [1.29, 1.82) is 0 Å². The highest BCUT2D eigenvalue weighted by Gasteiger charge is 2.07. The van der Waals surface area contributed by atoms with Gasteiger partial charge in [-0.1, -0.05) is 13.3 Å². The summed E-state index contributed by atoms with van der Waals surface area (Å²) in [5, 5.41) is 2.88. The summed E-state index contributed by atoms with van der Waals surface area (Å²) in [6, 6.07) is 6.24. The lowest BCUT2D eigenvalue weighted by atomic mass is 10.3. The van der Waals surface area contributed by atoms with Gasteiger partial charge in [-0.2, -0.15) is 0 Å². The Hall–Kier alpha value is -1.56. The zero-order valence-corrected chi connectivity index (χ0v) is 12.0. The van der Waals surface area contributed by atoms with Gasteiger partial charge in [0.15, 0.2) is 9.84 Å². The van der Waals surface area contributed by atoms with Crippen molar-refractivity contribution in [1.82, 2.24) is 0 Å². The van der Waals surface area contributed by atoms with Crippen molar-refractivity contribution in [2.75, 3.05) is 24.7 Å². The number of esters is 1. The number of hydrogen-bond donors (Lipinski definition) is 1. The zero-order valence-electron chi connectivity index (χ0n) is 11.2. The largest absolute Gasteiger partial charge is 0.464 e. The topological polar surface area (TPSA) is 72.5 Å². The second-order valence-corrected chi connectivity index (χ2v) is 6.24. The molecule has 0 aromatic heterocycles. The maximum absolute atomic E-state index is 11.3. The van der Waals surface area contributed by atoms with E-state index < -0.39 is 9.84 Å². The monoisotopic (exact) mass is 285 g/mol. The quantitative estimate of drug-likeness (QED) is 0.611. The van der Waals surface area contributed by atoms with Crippen molar-refractivity contribution in [3.8, 4) is 0 Å². The molecule has 106 valence electrons. The van der Waals surface area contributed by atoms with Crippen molar-refractivity contribution in [3.05, 3.63) is 24.3 Å². The van der Waals surface area contributed by atoms with Gasteiger partial charge in [-0.15, -0.1) is 0 Å². The van der Waals surface area contributed by atoms with Crippen LogP contribution in [0.5, 0.6) is 0 Å². The first-order chi connectivity index (χ1) is 8.93. The number of hydrogen-bond acceptors (Lipinski definition) is 5. The third kappa shape index (κ3) is 5.74. The molecule has 0 saturated heterocycles. The Morgan fingerprint density at radius 1 is 1.26 bits per heavy atom. The lowest BCUT2D eigenvalue weighted by molar-refractivity contribution is -0.141. The summed E-state index contributed by atoms with van der Waals surface area (Å²) in [6.07, 6.45) is 2.99. The summed E-state index contributed by atoms with van der Waals surface area (Å²) < 4.78 is 27.5. The molecule has 1 rings (SSSR count). The van der Waals surface area contributed by atoms with Crippen LogP contribution in [0, 0.1) is 0 Å². The number of anilines is 1. The molecule has 0 bridgehead atoms. The molecule has 0 atom stereocenters. The molecule has 0 aliphatic carbocycles. The number of rotatable bonds is 7. The average molecular weight is 285 g/mol. The minimum atomic E-state index is -3.19. The van der Waals surface area contributed by atoms with Crippen LogP contribution < -0.4 is 5.32 Å². The lowest BCUT2D eigenvalue weighted by Gasteiger charge is -2.07. The van der Waals surface area contributed by atoms with E-state index in [4.69, 9.17) is 4.74 Å². The zero-order chi connectivity index (χ0) is 14.3. The molecule has 0 aliphatic rings. The minimum Gasteiger partial charge on any atom is -0.464 e. The van der Waals surface area contributed by atoms with E-state index in [1.165, 1.54) is 12.1 Å². The standard InChI is InChI=1S/C13H19NO4S/c1-3-4-9-18-13(15)10-14-11-5-7-12(8-6-11)19(2,16)17/h5-8,14H,3-4,9-10H2,1-2H3. The molecular formula is C13H19NO4S. The fourth-order valence-electron chi connectivity index (χ4n) is 1.38. The van der Waals surface area contributed by atoms with Crippen molar-refractivity contribution in [3.63, 3.8) is 0 Å². The highest BCUT2D eigenvalue weighted by Crippen LogP contribution is 2.13. The van der Waals surface area contributed by atoms with Gasteiger partial charge < -0.3 is 10.1 Å². The average Bonchev–Trinajstić information content (AvgIpc) is 2.36. The third-order valence-electron chi connectivity index (χ3n) is 2.48. The van der Waals surface area contributed by atoms with Gasteiger partial charge in [0.25, 0.3) is 0 Å². The predicted octanol–water partition coefficient (Wildman–Crippen LogP) is 1.85. The van der Waals surface area contributed by atoms with E-state index in [0.29, 0.717) is 12.3 Å². The van der Waals surface area contributed by atoms with Crippen LogP contribution in [0.2, 0.25) is 0 Å². The fourth-order valence-corrected chi connectivity index (χ4v) is 2.01. The summed E-state index contributed by atoms with van der Waals surface area (Å²) in [5.41, 5.74) is 0.680. The summed E-state index contributed by atoms with van der Waals surface area (Å²) in [6.45, 7) is 2.53. The Kier molecular flexibility index (Phi) is 5.82. The maximum atomic E-state index is 11.3. The van der Waals surface area contributed by atoms with Crippen LogP contribution >= 0.6 is 0 Å². The van der Waals surface area contributed by atoms with E-state index in [1.54, 1.807) is 12.1 Å². The van der Waals surface area contributed by atoms with Gasteiger partial charge in [-0.05, 0) is 30.7 Å². The Morgan fingerprint density at radius 3 is 2.42 bits per heavy atom. The molecule has 6 heteroatoms. The SMILES string of the molecule is CCCCOC(=O)CNc1ccc(S(C)(=O)=O)cc1. The van der Waals surface area contributed by atoms with Crippen LogP contribution in [-0.2, 0) is 19.4 Å². The first-order valence-electron chi connectivity index (χ1n) is 6.13. The van der Waals surface area contributed by atoms with Crippen LogP contribution in [0.3, 0.4) is 0 Å². The fraction of sp³-hybridized carbons (Fsp3) is 0.462. The van der Waals surface area contributed by atoms with E-state index in [0.717, 1.165) is 19.1 Å². The second kappa shape index (κ2) is 7.13. The minimum absolute atomic E-state index is 0.0714. The lowest BCUT2D eigenvalue weighted by Crippen LogP contribution is -2.17. The van der Waals surface area contributed by atoms with E-state index in [2.05, 4.69) is 5.32 Å². The van der Waals surface area contributed by atoms with E-state index in [9.17, 15) is 13.2 Å². The molecule has 1 N–H and O–H groups in total. The van der Waals surface area contributed by atoms with Crippen molar-refractivity contribution < 1.29 is 17.9 Å². The molecule has 1 aromatic carbocycles. The van der Waals surface area contributed by atoms with E-state index in [-0.39, 0.29) is 17.4 Å². The summed E-state index contributed by atoms with van der Waals surface area (Å²) in [4.78, 5) is 11.6. The molecule has 0 aliphatic heterocycles. The second-order valence-electron chi connectivity index (χ2n) is 4.22. The number of nitrogens with one attached hydrogen (secondary N) is 1. The maximum Gasteiger partial charge on any atom is 0.325 e. The Morgan fingerprint density at radius 2 is 1.89 bits per heavy atom. The molecule has 5 nitrogen and oxygen atoms in total. The summed E-state index contributed by atoms with van der Waals surface area (Å²) in [7, 11) is -3.19. The van der Waals surface area contributed by atoms with Crippen LogP contribution in [0.25, 0.3) is 0 Å².